The summed E-state index contributed by atoms with van der Waals surface area (Å²) in [6.45, 7) is 5.07. The Bertz CT molecular complexity index is 486. The summed E-state index contributed by atoms with van der Waals surface area (Å²) >= 11 is 0. The topological polar surface area (TPSA) is 81.6 Å². The number of rotatable bonds is 4. The Kier molecular flexibility index (Phi) is 3.78. The standard InChI is InChI=1S/C14H21N3O2/c1-14(2,5-6-15)17-11-7-10(8-16)3-4-12(11)19-9-13(17)18/h3-4,7H,5-6,8-9,15-16H2,1-2H3. The minimum Gasteiger partial charge on any atom is -0.482 e. The maximum atomic E-state index is 12.2. The number of nitrogens with zero attached hydrogens (tertiary/aromatic N) is 1. The second-order valence-electron chi connectivity index (χ2n) is 5.38. The maximum Gasteiger partial charge on any atom is 0.265 e. The van der Waals surface area contributed by atoms with Crippen LogP contribution < -0.4 is 21.1 Å². The molecular weight excluding hydrogens is 242 g/mol. The van der Waals surface area contributed by atoms with Crippen LogP contribution in [-0.2, 0) is 11.3 Å². The van der Waals surface area contributed by atoms with Crippen molar-refractivity contribution in [3.05, 3.63) is 23.8 Å². The van der Waals surface area contributed by atoms with Gasteiger partial charge in [-0.3, -0.25) is 4.79 Å². The number of nitrogens with two attached hydrogens (primary N) is 2. The first-order valence-corrected chi connectivity index (χ1v) is 6.48. The molecule has 1 amide bonds. The van der Waals surface area contributed by atoms with Gasteiger partial charge in [0.15, 0.2) is 6.61 Å². The molecule has 0 atom stereocenters. The molecule has 1 aliphatic heterocycles. The van der Waals surface area contributed by atoms with Crippen molar-refractivity contribution in [2.45, 2.75) is 32.4 Å². The molecule has 0 radical (unpaired) electrons. The molecule has 1 heterocycles. The molecule has 0 unspecified atom stereocenters. The van der Waals surface area contributed by atoms with Gasteiger partial charge in [0.25, 0.3) is 5.91 Å². The fourth-order valence-electron chi connectivity index (χ4n) is 2.45. The van der Waals surface area contributed by atoms with Crippen LogP contribution in [0.1, 0.15) is 25.8 Å². The van der Waals surface area contributed by atoms with E-state index in [1.807, 2.05) is 32.0 Å². The van der Waals surface area contributed by atoms with Crippen molar-refractivity contribution in [1.82, 2.24) is 0 Å². The summed E-state index contributed by atoms with van der Waals surface area (Å²) in [4.78, 5) is 14.0. The molecule has 2 rings (SSSR count). The van der Waals surface area contributed by atoms with Gasteiger partial charge in [-0.15, -0.1) is 0 Å². The summed E-state index contributed by atoms with van der Waals surface area (Å²) in [5.41, 5.74) is 12.8. The number of fused-ring (bicyclic) bond motifs is 1. The molecule has 1 aliphatic rings. The number of amides is 1. The number of carbonyl (C=O) groups excluding carboxylic acids is 1. The molecule has 5 heteroatoms. The van der Waals surface area contributed by atoms with Crippen LogP contribution in [-0.4, -0.2) is 24.6 Å². The summed E-state index contributed by atoms with van der Waals surface area (Å²) in [5, 5.41) is 0. The lowest BCUT2D eigenvalue weighted by Gasteiger charge is -2.41. The molecule has 1 aromatic rings. The maximum absolute atomic E-state index is 12.2. The molecule has 4 N–H and O–H groups in total. The fraction of sp³-hybridized carbons (Fsp3) is 0.500. The van der Waals surface area contributed by atoms with Crippen LogP contribution in [0.15, 0.2) is 18.2 Å². The molecule has 0 saturated carbocycles. The van der Waals surface area contributed by atoms with Crippen molar-refractivity contribution in [3.63, 3.8) is 0 Å². The zero-order valence-corrected chi connectivity index (χ0v) is 11.5. The summed E-state index contributed by atoms with van der Waals surface area (Å²) < 4.78 is 5.48. The van der Waals surface area contributed by atoms with Crippen molar-refractivity contribution in [2.24, 2.45) is 11.5 Å². The Morgan fingerprint density at radius 3 is 2.74 bits per heavy atom. The summed E-state index contributed by atoms with van der Waals surface area (Å²) in [7, 11) is 0. The smallest absolute Gasteiger partial charge is 0.265 e. The van der Waals surface area contributed by atoms with E-state index < -0.39 is 0 Å². The third-order valence-electron chi connectivity index (χ3n) is 3.46. The Morgan fingerprint density at radius 2 is 2.11 bits per heavy atom. The largest absolute Gasteiger partial charge is 0.482 e. The van der Waals surface area contributed by atoms with Crippen LogP contribution in [0.25, 0.3) is 0 Å². The number of carbonyl (C=O) groups is 1. The van der Waals surface area contributed by atoms with E-state index in [2.05, 4.69) is 0 Å². The van der Waals surface area contributed by atoms with Crippen LogP contribution in [0, 0.1) is 0 Å². The Hall–Kier alpha value is -1.59. The van der Waals surface area contributed by atoms with Crippen LogP contribution in [0.3, 0.4) is 0 Å². The van der Waals surface area contributed by atoms with Gasteiger partial charge in [0.1, 0.15) is 5.75 Å². The van der Waals surface area contributed by atoms with Crippen molar-refractivity contribution < 1.29 is 9.53 Å². The predicted octanol–water partition coefficient (Wildman–Crippen LogP) is 0.998. The van der Waals surface area contributed by atoms with Crippen molar-refractivity contribution >= 4 is 11.6 Å². The van der Waals surface area contributed by atoms with Gasteiger partial charge in [0.05, 0.1) is 5.69 Å². The van der Waals surface area contributed by atoms with E-state index in [9.17, 15) is 4.79 Å². The first-order chi connectivity index (χ1) is 8.99. The monoisotopic (exact) mass is 263 g/mol. The zero-order valence-electron chi connectivity index (χ0n) is 11.5. The second-order valence-corrected chi connectivity index (χ2v) is 5.38. The number of anilines is 1. The minimum absolute atomic E-state index is 0.0416. The molecule has 0 aliphatic carbocycles. The van der Waals surface area contributed by atoms with Crippen LogP contribution in [0.2, 0.25) is 0 Å². The highest BCUT2D eigenvalue weighted by atomic mass is 16.5. The van der Waals surface area contributed by atoms with Gasteiger partial charge < -0.3 is 21.1 Å². The number of hydrogen-bond donors (Lipinski definition) is 2. The molecule has 19 heavy (non-hydrogen) atoms. The highest BCUT2D eigenvalue weighted by molar-refractivity contribution is 5.99. The molecule has 0 saturated heterocycles. The third-order valence-corrected chi connectivity index (χ3v) is 3.46. The van der Waals surface area contributed by atoms with Gasteiger partial charge >= 0.3 is 0 Å². The van der Waals surface area contributed by atoms with Crippen LogP contribution in [0.4, 0.5) is 5.69 Å². The third kappa shape index (κ3) is 2.57. The molecule has 104 valence electrons. The number of ether oxygens (including phenoxy) is 1. The summed E-state index contributed by atoms with van der Waals surface area (Å²) in [5.74, 6) is 0.682. The SMILES string of the molecule is CC(C)(CCN)N1C(=O)COc2ccc(CN)cc21. The number of hydrogen-bond acceptors (Lipinski definition) is 4. The van der Waals surface area contributed by atoms with Gasteiger partial charge in [0, 0.05) is 12.1 Å². The average molecular weight is 263 g/mol. The Labute approximate surface area is 113 Å². The van der Waals surface area contributed by atoms with E-state index in [0.717, 1.165) is 23.4 Å². The van der Waals surface area contributed by atoms with Gasteiger partial charge in [-0.25, -0.2) is 0 Å². The van der Waals surface area contributed by atoms with Crippen molar-refractivity contribution in [3.8, 4) is 5.75 Å². The van der Waals surface area contributed by atoms with Crippen molar-refractivity contribution in [2.75, 3.05) is 18.1 Å². The zero-order chi connectivity index (χ0) is 14.0. The molecule has 0 aromatic heterocycles. The first-order valence-electron chi connectivity index (χ1n) is 6.48. The van der Waals surface area contributed by atoms with E-state index in [1.165, 1.54) is 0 Å². The number of benzene rings is 1. The molecular formula is C14H21N3O2. The quantitative estimate of drug-likeness (QED) is 0.849. The lowest BCUT2D eigenvalue weighted by Crippen LogP contribution is -2.52. The van der Waals surface area contributed by atoms with E-state index in [1.54, 1.807) is 4.90 Å². The van der Waals surface area contributed by atoms with E-state index in [4.69, 9.17) is 16.2 Å². The fourth-order valence-corrected chi connectivity index (χ4v) is 2.45. The first kappa shape index (κ1) is 13.8. The molecule has 5 nitrogen and oxygen atoms in total. The van der Waals surface area contributed by atoms with Gasteiger partial charge in [-0.2, -0.15) is 0 Å². The Morgan fingerprint density at radius 1 is 1.37 bits per heavy atom. The molecule has 0 bridgehead atoms. The van der Waals surface area contributed by atoms with Crippen LogP contribution in [0.5, 0.6) is 5.75 Å². The summed E-state index contributed by atoms with van der Waals surface area (Å²) in [6.07, 6.45) is 0.727. The molecule has 1 aromatic carbocycles. The predicted molar refractivity (Wildman–Crippen MR) is 75.1 cm³/mol. The highest BCUT2D eigenvalue weighted by Gasteiger charge is 2.36. The summed E-state index contributed by atoms with van der Waals surface area (Å²) in [6, 6.07) is 5.71. The molecule has 0 spiro atoms. The van der Waals surface area contributed by atoms with Crippen LogP contribution >= 0.6 is 0 Å². The normalized spacial score (nSPS) is 15.2. The second kappa shape index (κ2) is 5.19. The minimum atomic E-state index is -0.336. The van der Waals surface area contributed by atoms with E-state index in [-0.39, 0.29) is 18.1 Å². The average Bonchev–Trinajstić information content (AvgIpc) is 2.37. The lowest BCUT2D eigenvalue weighted by atomic mass is 9.95. The van der Waals surface area contributed by atoms with E-state index >= 15 is 0 Å². The molecule has 0 fully saturated rings. The lowest BCUT2D eigenvalue weighted by molar-refractivity contribution is -0.122. The Balaban J connectivity index is 2.47. The van der Waals surface area contributed by atoms with Crippen molar-refractivity contribution in [1.29, 1.82) is 0 Å². The van der Waals surface area contributed by atoms with Gasteiger partial charge in [-0.1, -0.05) is 6.07 Å². The highest BCUT2D eigenvalue weighted by Crippen LogP contribution is 2.38. The van der Waals surface area contributed by atoms with Gasteiger partial charge in [0.2, 0.25) is 0 Å². The van der Waals surface area contributed by atoms with E-state index in [0.29, 0.717) is 13.1 Å². The van der Waals surface area contributed by atoms with Gasteiger partial charge in [-0.05, 0) is 44.5 Å².